The third kappa shape index (κ3) is 3.67. The Morgan fingerprint density at radius 3 is 2.85 bits per heavy atom. The van der Waals surface area contributed by atoms with Crippen LogP contribution in [0.2, 0.25) is 0 Å². The third-order valence-electron chi connectivity index (χ3n) is 4.42. The lowest BCUT2D eigenvalue weighted by molar-refractivity contribution is -0.384. The fraction of sp³-hybridized carbons (Fsp3) is 0.316. The zero-order valence-electron chi connectivity index (χ0n) is 14.6. The van der Waals surface area contributed by atoms with Crippen molar-refractivity contribution in [2.24, 2.45) is 0 Å². The molecule has 0 saturated heterocycles. The predicted octanol–water partition coefficient (Wildman–Crippen LogP) is 3.06. The normalized spacial score (nSPS) is 12.7. The van der Waals surface area contributed by atoms with E-state index < -0.39 is 4.92 Å². The number of hydrogen-bond acceptors (Lipinski definition) is 5. The fourth-order valence-electron chi connectivity index (χ4n) is 3.15. The van der Waals surface area contributed by atoms with E-state index in [1.165, 1.54) is 11.6 Å². The Balaban J connectivity index is 1.84. The number of nitrogens with one attached hydrogen (secondary N) is 1. The largest absolute Gasteiger partial charge is 0.385 e. The Hall–Kier alpha value is -2.93. The molecule has 0 aromatic heterocycles. The number of hydrogen-bond donors (Lipinski definition) is 1. The van der Waals surface area contributed by atoms with Crippen molar-refractivity contribution in [3.63, 3.8) is 0 Å². The average molecular weight is 355 g/mol. The molecule has 1 N–H and O–H groups in total. The minimum atomic E-state index is -0.433. The lowest BCUT2D eigenvalue weighted by Gasteiger charge is -2.19. The summed E-state index contributed by atoms with van der Waals surface area (Å²) < 4.78 is 4.94. The highest BCUT2D eigenvalue weighted by atomic mass is 16.6. The minimum absolute atomic E-state index is 0.0637. The molecule has 7 nitrogen and oxygen atoms in total. The van der Waals surface area contributed by atoms with Crippen LogP contribution in [0.5, 0.6) is 0 Å². The first kappa shape index (κ1) is 17.9. The van der Waals surface area contributed by atoms with E-state index >= 15 is 0 Å². The van der Waals surface area contributed by atoms with Crippen LogP contribution in [0.25, 0.3) is 0 Å². The van der Waals surface area contributed by atoms with Crippen LogP contribution in [-0.2, 0) is 11.2 Å². The van der Waals surface area contributed by atoms with Crippen molar-refractivity contribution < 1.29 is 14.5 Å². The summed E-state index contributed by atoms with van der Waals surface area (Å²) in [5, 5.41) is 14.3. The number of anilines is 2. The molecule has 1 aliphatic heterocycles. The van der Waals surface area contributed by atoms with Gasteiger partial charge in [0.15, 0.2) is 0 Å². The van der Waals surface area contributed by atoms with Gasteiger partial charge in [-0.1, -0.05) is 18.2 Å². The monoisotopic (exact) mass is 355 g/mol. The highest BCUT2D eigenvalue weighted by molar-refractivity contribution is 5.96. The van der Waals surface area contributed by atoms with Crippen LogP contribution in [0.3, 0.4) is 0 Å². The van der Waals surface area contributed by atoms with Crippen molar-refractivity contribution in [1.82, 2.24) is 5.32 Å². The number of ether oxygens (including phenoxy) is 1. The lowest BCUT2D eigenvalue weighted by atomic mass is 10.1. The van der Waals surface area contributed by atoms with Gasteiger partial charge < -0.3 is 15.0 Å². The van der Waals surface area contributed by atoms with Gasteiger partial charge in [0.1, 0.15) is 5.69 Å². The van der Waals surface area contributed by atoms with Crippen molar-refractivity contribution in [2.45, 2.75) is 12.8 Å². The summed E-state index contributed by atoms with van der Waals surface area (Å²) in [7, 11) is 1.60. The number of nitro benzene ring substituents is 1. The zero-order valence-corrected chi connectivity index (χ0v) is 14.6. The van der Waals surface area contributed by atoms with Gasteiger partial charge >= 0.3 is 0 Å². The first-order chi connectivity index (χ1) is 12.6. The van der Waals surface area contributed by atoms with Crippen LogP contribution in [0.15, 0.2) is 42.5 Å². The van der Waals surface area contributed by atoms with Gasteiger partial charge in [-0.25, -0.2) is 0 Å². The van der Waals surface area contributed by atoms with E-state index in [1.54, 1.807) is 19.2 Å². The van der Waals surface area contributed by atoms with Crippen molar-refractivity contribution in [3.8, 4) is 0 Å². The molecule has 0 spiro atoms. The van der Waals surface area contributed by atoms with Gasteiger partial charge in [-0.3, -0.25) is 14.9 Å². The van der Waals surface area contributed by atoms with E-state index in [4.69, 9.17) is 4.74 Å². The maximum absolute atomic E-state index is 12.2. The van der Waals surface area contributed by atoms with Crippen LogP contribution >= 0.6 is 0 Å². The van der Waals surface area contributed by atoms with Gasteiger partial charge in [0.25, 0.3) is 11.6 Å². The van der Waals surface area contributed by atoms with Crippen LogP contribution in [0.1, 0.15) is 22.3 Å². The Morgan fingerprint density at radius 2 is 2.08 bits per heavy atom. The van der Waals surface area contributed by atoms with E-state index in [-0.39, 0.29) is 17.2 Å². The maximum Gasteiger partial charge on any atom is 0.293 e. The average Bonchev–Trinajstić information content (AvgIpc) is 3.08. The molecular weight excluding hydrogens is 334 g/mol. The maximum atomic E-state index is 12.2. The Morgan fingerprint density at radius 1 is 1.27 bits per heavy atom. The van der Waals surface area contributed by atoms with Gasteiger partial charge in [0, 0.05) is 44.1 Å². The number of nitro groups is 1. The molecule has 2 aromatic rings. The molecule has 7 heteroatoms. The molecule has 0 bridgehead atoms. The van der Waals surface area contributed by atoms with Crippen molar-refractivity contribution in [1.29, 1.82) is 0 Å². The third-order valence-corrected chi connectivity index (χ3v) is 4.42. The molecule has 0 fully saturated rings. The first-order valence-electron chi connectivity index (χ1n) is 8.53. The molecule has 1 heterocycles. The highest BCUT2D eigenvalue weighted by Crippen LogP contribution is 2.39. The van der Waals surface area contributed by atoms with Crippen molar-refractivity contribution >= 4 is 23.0 Å². The van der Waals surface area contributed by atoms with Gasteiger partial charge in [0.05, 0.1) is 4.92 Å². The number of nitrogens with zero attached hydrogens (tertiary/aromatic N) is 2. The summed E-state index contributed by atoms with van der Waals surface area (Å²) in [5.74, 6) is -0.322. The summed E-state index contributed by atoms with van der Waals surface area (Å²) in [6.45, 7) is 1.69. The lowest BCUT2D eigenvalue weighted by Crippen LogP contribution is -2.25. The number of benzene rings is 2. The minimum Gasteiger partial charge on any atom is -0.385 e. The number of carbonyl (C=O) groups excluding carboxylic acids is 1. The molecule has 26 heavy (non-hydrogen) atoms. The van der Waals surface area contributed by atoms with Gasteiger partial charge in [-0.15, -0.1) is 0 Å². The number of methoxy groups -OCH3 is 1. The molecule has 0 atom stereocenters. The summed E-state index contributed by atoms with van der Waals surface area (Å²) in [6.07, 6.45) is 1.53. The Labute approximate surface area is 151 Å². The van der Waals surface area contributed by atoms with Crippen molar-refractivity contribution in [3.05, 3.63) is 63.7 Å². The molecular formula is C19H21N3O4. The van der Waals surface area contributed by atoms with Crippen molar-refractivity contribution in [2.75, 3.05) is 31.7 Å². The Kier molecular flexibility index (Phi) is 5.48. The van der Waals surface area contributed by atoms with E-state index in [0.29, 0.717) is 31.8 Å². The molecule has 136 valence electrons. The second-order valence-electron chi connectivity index (χ2n) is 6.09. The Bertz CT molecular complexity index is 822. The summed E-state index contributed by atoms with van der Waals surface area (Å²) in [6, 6.07) is 12.5. The van der Waals surface area contributed by atoms with Gasteiger partial charge in [0.2, 0.25) is 0 Å². The number of rotatable bonds is 7. The number of fused-ring (bicyclic) bond motifs is 1. The molecule has 0 saturated carbocycles. The summed E-state index contributed by atoms with van der Waals surface area (Å²) >= 11 is 0. The van der Waals surface area contributed by atoms with E-state index in [9.17, 15) is 14.9 Å². The van der Waals surface area contributed by atoms with Crippen LogP contribution < -0.4 is 10.2 Å². The molecule has 0 aliphatic carbocycles. The molecule has 1 amide bonds. The number of carbonyl (C=O) groups is 1. The van der Waals surface area contributed by atoms with Crippen LogP contribution in [0.4, 0.5) is 17.1 Å². The molecule has 3 rings (SSSR count). The fourth-order valence-corrected chi connectivity index (χ4v) is 3.15. The predicted molar refractivity (Wildman–Crippen MR) is 99.1 cm³/mol. The topological polar surface area (TPSA) is 84.7 Å². The van der Waals surface area contributed by atoms with Crippen LogP contribution in [-0.4, -0.2) is 37.6 Å². The van der Waals surface area contributed by atoms with Crippen LogP contribution in [0, 0.1) is 10.1 Å². The van der Waals surface area contributed by atoms with E-state index in [2.05, 4.69) is 5.32 Å². The van der Waals surface area contributed by atoms with Gasteiger partial charge in [-0.2, -0.15) is 0 Å². The SMILES string of the molecule is COCCCNC(=O)c1ccc(N2CCc3ccccc32)c([N+](=O)[O-])c1. The smallest absolute Gasteiger partial charge is 0.293 e. The standard InChI is InChI=1S/C19H21N3O4/c1-26-12-4-10-20-19(23)15-7-8-17(18(13-15)22(24)25)21-11-9-14-5-2-3-6-16(14)21/h2-3,5-8,13H,4,9-12H2,1H3,(H,20,23). The zero-order chi connectivity index (χ0) is 18.5. The molecule has 1 aliphatic rings. The molecule has 0 unspecified atom stereocenters. The van der Waals surface area contributed by atoms with E-state index in [1.807, 2.05) is 29.2 Å². The second kappa shape index (κ2) is 7.97. The molecule has 0 radical (unpaired) electrons. The number of amides is 1. The summed E-state index contributed by atoms with van der Waals surface area (Å²) in [4.78, 5) is 25.3. The first-order valence-corrected chi connectivity index (χ1v) is 8.53. The summed E-state index contributed by atoms with van der Waals surface area (Å²) in [5.41, 5.74) is 2.88. The second-order valence-corrected chi connectivity index (χ2v) is 6.09. The number of para-hydroxylation sites is 1. The highest BCUT2D eigenvalue weighted by Gasteiger charge is 2.27. The quantitative estimate of drug-likeness (QED) is 0.469. The van der Waals surface area contributed by atoms with E-state index in [0.717, 1.165) is 12.1 Å². The van der Waals surface area contributed by atoms with Gasteiger partial charge in [-0.05, 0) is 36.6 Å². The molecule has 2 aromatic carbocycles.